The average molecular weight is 369 g/mol. The van der Waals surface area contributed by atoms with E-state index in [-0.39, 0.29) is 17.8 Å². The molecule has 0 atom stereocenters. The third-order valence-electron chi connectivity index (χ3n) is 3.28. The number of anilines is 1. The Bertz CT molecular complexity index is 778. The molecule has 2 aromatic carbocycles. The Hall–Kier alpha value is -1.72. The van der Waals surface area contributed by atoms with E-state index in [0.29, 0.717) is 10.6 Å². The lowest BCUT2D eigenvalue weighted by Gasteiger charge is -2.17. The summed E-state index contributed by atoms with van der Waals surface area (Å²) in [5.41, 5.74) is 1.18. The summed E-state index contributed by atoms with van der Waals surface area (Å²) in [7, 11) is 0. The molecule has 0 bridgehead atoms. The van der Waals surface area contributed by atoms with Crippen molar-refractivity contribution in [1.82, 2.24) is 0 Å². The van der Waals surface area contributed by atoms with E-state index >= 15 is 0 Å². The lowest BCUT2D eigenvalue weighted by molar-refractivity contribution is -0.114. The molecular formula is C15H8BrClFNO2. The van der Waals surface area contributed by atoms with Gasteiger partial charge >= 0.3 is 0 Å². The lowest BCUT2D eigenvalue weighted by atomic mass is 10.1. The van der Waals surface area contributed by atoms with Crippen LogP contribution in [0, 0.1) is 5.82 Å². The number of benzene rings is 2. The van der Waals surface area contributed by atoms with Gasteiger partial charge in [-0.05, 0) is 35.9 Å². The fourth-order valence-electron chi connectivity index (χ4n) is 2.24. The summed E-state index contributed by atoms with van der Waals surface area (Å²) in [5, 5.41) is 0.467. The van der Waals surface area contributed by atoms with Gasteiger partial charge in [-0.15, -0.1) is 0 Å². The monoisotopic (exact) mass is 367 g/mol. The van der Waals surface area contributed by atoms with Crippen LogP contribution in [-0.2, 0) is 11.3 Å². The molecule has 21 heavy (non-hydrogen) atoms. The van der Waals surface area contributed by atoms with E-state index in [1.165, 1.54) is 23.1 Å². The quantitative estimate of drug-likeness (QED) is 0.752. The molecule has 1 aliphatic rings. The van der Waals surface area contributed by atoms with Crippen LogP contribution in [0.5, 0.6) is 0 Å². The number of carbonyl (C=O) groups excluding carboxylic acids is 2. The van der Waals surface area contributed by atoms with Crippen LogP contribution in [0.25, 0.3) is 0 Å². The molecule has 0 fully saturated rings. The van der Waals surface area contributed by atoms with Crippen molar-refractivity contribution < 1.29 is 14.0 Å². The molecule has 0 saturated carbocycles. The van der Waals surface area contributed by atoms with Gasteiger partial charge in [-0.3, -0.25) is 9.59 Å². The topological polar surface area (TPSA) is 37.4 Å². The third kappa shape index (κ3) is 2.47. The minimum absolute atomic E-state index is 0.118. The standard InChI is InChI=1S/C15H8BrClFNO2/c16-9-2-1-8(12(17)5-9)7-19-13-6-10(18)3-4-11(13)14(20)15(19)21/h1-6H,7H2. The Balaban J connectivity index is 2.02. The van der Waals surface area contributed by atoms with E-state index in [1.807, 2.05) is 0 Å². The third-order valence-corrected chi connectivity index (χ3v) is 4.12. The van der Waals surface area contributed by atoms with Crippen LogP contribution in [0.2, 0.25) is 5.02 Å². The molecule has 0 radical (unpaired) electrons. The Morgan fingerprint density at radius 3 is 2.62 bits per heavy atom. The number of nitrogens with zero attached hydrogens (tertiary/aromatic N) is 1. The second-order valence-corrected chi connectivity index (χ2v) is 5.94. The first kappa shape index (κ1) is 14.2. The van der Waals surface area contributed by atoms with Crippen LogP contribution < -0.4 is 4.90 Å². The summed E-state index contributed by atoms with van der Waals surface area (Å²) in [6.07, 6.45) is 0. The van der Waals surface area contributed by atoms with Crippen LogP contribution in [-0.4, -0.2) is 11.7 Å². The first-order chi connectivity index (χ1) is 9.97. The second-order valence-electron chi connectivity index (χ2n) is 4.62. The zero-order valence-electron chi connectivity index (χ0n) is 10.6. The molecular weight excluding hydrogens is 361 g/mol. The number of ketones is 1. The Kier molecular flexibility index (Phi) is 3.55. The molecule has 1 amide bonds. The summed E-state index contributed by atoms with van der Waals surface area (Å²) in [6.45, 7) is 0.118. The van der Waals surface area contributed by atoms with Crippen molar-refractivity contribution in [3.8, 4) is 0 Å². The largest absolute Gasteiger partial charge is 0.300 e. The van der Waals surface area contributed by atoms with Crippen molar-refractivity contribution in [2.24, 2.45) is 0 Å². The van der Waals surface area contributed by atoms with Crippen LogP contribution >= 0.6 is 27.5 Å². The maximum atomic E-state index is 13.4. The van der Waals surface area contributed by atoms with Gasteiger partial charge < -0.3 is 4.90 Å². The fraction of sp³-hybridized carbons (Fsp3) is 0.0667. The number of hydrogen-bond acceptors (Lipinski definition) is 2. The van der Waals surface area contributed by atoms with Gasteiger partial charge in [0, 0.05) is 9.50 Å². The van der Waals surface area contributed by atoms with Gasteiger partial charge in [0.05, 0.1) is 17.8 Å². The minimum atomic E-state index is -0.672. The molecule has 3 rings (SSSR count). The van der Waals surface area contributed by atoms with Crippen molar-refractivity contribution in [3.63, 3.8) is 0 Å². The van der Waals surface area contributed by atoms with Crippen molar-refractivity contribution >= 4 is 44.9 Å². The van der Waals surface area contributed by atoms with Crippen LogP contribution in [0.1, 0.15) is 15.9 Å². The molecule has 1 aliphatic heterocycles. The Labute approximate surface area is 133 Å². The molecule has 0 aromatic heterocycles. The maximum Gasteiger partial charge on any atom is 0.299 e. The summed E-state index contributed by atoms with van der Waals surface area (Å²) >= 11 is 9.42. The molecule has 0 aliphatic carbocycles. The van der Waals surface area contributed by atoms with Crippen LogP contribution in [0.4, 0.5) is 10.1 Å². The van der Waals surface area contributed by atoms with Crippen molar-refractivity contribution in [2.45, 2.75) is 6.54 Å². The molecule has 0 unspecified atom stereocenters. The highest BCUT2D eigenvalue weighted by Gasteiger charge is 2.36. The van der Waals surface area contributed by atoms with Crippen LogP contribution in [0.3, 0.4) is 0 Å². The zero-order chi connectivity index (χ0) is 15.1. The summed E-state index contributed by atoms with van der Waals surface area (Å²) in [6, 6.07) is 8.92. The SMILES string of the molecule is O=C1C(=O)N(Cc2ccc(Br)cc2Cl)c2cc(F)ccc21. The average Bonchev–Trinajstić information content (AvgIpc) is 2.66. The summed E-state index contributed by atoms with van der Waals surface area (Å²) in [4.78, 5) is 25.2. The smallest absolute Gasteiger partial charge is 0.299 e. The van der Waals surface area contributed by atoms with E-state index in [2.05, 4.69) is 15.9 Å². The minimum Gasteiger partial charge on any atom is -0.300 e. The van der Waals surface area contributed by atoms with E-state index in [4.69, 9.17) is 11.6 Å². The highest BCUT2D eigenvalue weighted by Crippen LogP contribution is 2.32. The van der Waals surface area contributed by atoms with Gasteiger partial charge in [0.25, 0.3) is 11.7 Å². The molecule has 6 heteroatoms. The van der Waals surface area contributed by atoms with E-state index < -0.39 is 17.5 Å². The van der Waals surface area contributed by atoms with Gasteiger partial charge in [0.2, 0.25) is 0 Å². The van der Waals surface area contributed by atoms with Crippen LogP contribution in [0.15, 0.2) is 40.9 Å². The van der Waals surface area contributed by atoms with Gasteiger partial charge in [-0.25, -0.2) is 4.39 Å². The van der Waals surface area contributed by atoms with Gasteiger partial charge in [-0.2, -0.15) is 0 Å². The van der Waals surface area contributed by atoms with Crippen molar-refractivity contribution in [2.75, 3.05) is 4.90 Å². The van der Waals surface area contributed by atoms with E-state index in [9.17, 15) is 14.0 Å². The number of carbonyl (C=O) groups is 2. The molecule has 2 aromatic rings. The number of Topliss-reactive ketones (excluding diaryl/α,β-unsaturated/α-hetero) is 1. The van der Waals surface area contributed by atoms with Crippen molar-refractivity contribution in [3.05, 3.63) is 62.8 Å². The number of amides is 1. The van der Waals surface area contributed by atoms with Gasteiger partial charge in [0.1, 0.15) is 5.82 Å². The lowest BCUT2D eigenvalue weighted by Crippen LogP contribution is -2.29. The summed E-state index contributed by atoms with van der Waals surface area (Å²) in [5.74, 6) is -1.80. The predicted molar refractivity (Wildman–Crippen MR) is 81.1 cm³/mol. The summed E-state index contributed by atoms with van der Waals surface area (Å²) < 4.78 is 14.2. The molecule has 0 spiro atoms. The number of fused-ring (bicyclic) bond motifs is 1. The first-order valence-corrected chi connectivity index (χ1v) is 7.24. The molecule has 106 valence electrons. The number of halogens is 3. The fourth-order valence-corrected chi connectivity index (χ4v) is 2.98. The Morgan fingerprint density at radius 1 is 1.14 bits per heavy atom. The van der Waals surface area contributed by atoms with Gasteiger partial charge in [0.15, 0.2) is 0 Å². The highest BCUT2D eigenvalue weighted by molar-refractivity contribution is 9.10. The molecule has 1 heterocycles. The van der Waals surface area contributed by atoms with Gasteiger partial charge in [-0.1, -0.05) is 33.6 Å². The maximum absolute atomic E-state index is 13.4. The first-order valence-electron chi connectivity index (χ1n) is 6.07. The molecule has 0 saturated heterocycles. The van der Waals surface area contributed by atoms with Crippen molar-refractivity contribution in [1.29, 1.82) is 0 Å². The molecule has 3 nitrogen and oxygen atoms in total. The van der Waals surface area contributed by atoms with E-state index in [0.717, 1.165) is 4.47 Å². The molecule has 0 N–H and O–H groups in total. The number of hydrogen-bond donors (Lipinski definition) is 0. The normalized spacial score (nSPS) is 13.8. The highest BCUT2D eigenvalue weighted by atomic mass is 79.9. The van der Waals surface area contributed by atoms with E-state index in [1.54, 1.807) is 18.2 Å². The zero-order valence-corrected chi connectivity index (χ0v) is 12.9. The second kappa shape index (κ2) is 5.24. The predicted octanol–water partition coefficient (Wildman–Crippen LogP) is 3.97. The number of rotatable bonds is 2. The Morgan fingerprint density at radius 2 is 1.90 bits per heavy atom.